The van der Waals surface area contributed by atoms with E-state index in [4.69, 9.17) is 4.74 Å². The Kier molecular flexibility index (Phi) is 3.87. The number of esters is 1. The quantitative estimate of drug-likeness (QED) is 0.793. The first-order valence-electron chi connectivity index (χ1n) is 7.26. The summed E-state index contributed by atoms with van der Waals surface area (Å²) in [5.41, 5.74) is 4.30. The van der Waals surface area contributed by atoms with E-state index >= 15 is 0 Å². The number of carbonyl (C=O) groups excluding carboxylic acids is 1. The first-order valence-corrected chi connectivity index (χ1v) is 7.26. The summed E-state index contributed by atoms with van der Waals surface area (Å²) >= 11 is 0. The molecule has 0 fully saturated rings. The van der Waals surface area contributed by atoms with Crippen molar-refractivity contribution < 1.29 is 9.53 Å². The number of ether oxygens (including phenoxy) is 1. The minimum atomic E-state index is -0.225. The lowest BCUT2D eigenvalue weighted by Crippen LogP contribution is -2.16. The average Bonchev–Trinajstić information content (AvgIpc) is 2.55. The van der Waals surface area contributed by atoms with E-state index < -0.39 is 0 Å². The van der Waals surface area contributed by atoms with Gasteiger partial charge in [0.15, 0.2) is 0 Å². The molecule has 0 bridgehead atoms. The second kappa shape index (κ2) is 5.96. The first kappa shape index (κ1) is 13.6. The van der Waals surface area contributed by atoms with Crippen molar-refractivity contribution >= 4 is 5.97 Å². The fourth-order valence-corrected chi connectivity index (χ4v) is 2.62. The van der Waals surface area contributed by atoms with Gasteiger partial charge in [0.05, 0.1) is 0 Å². The van der Waals surface area contributed by atoms with Gasteiger partial charge >= 0.3 is 5.97 Å². The van der Waals surface area contributed by atoms with Crippen molar-refractivity contribution in [3.05, 3.63) is 82.9 Å². The van der Waals surface area contributed by atoms with Crippen LogP contribution in [-0.2, 0) is 22.4 Å². The van der Waals surface area contributed by atoms with Crippen LogP contribution in [0.25, 0.3) is 0 Å². The zero-order valence-electron chi connectivity index (χ0n) is 12.1. The van der Waals surface area contributed by atoms with Gasteiger partial charge < -0.3 is 4.74 Å². The number of hydrogen-bond donors (Lipinski definition) is 0. The zero-order chi connectivity index (χ0) is 14.7. The van der Waals surface area contributed by atoms with Gasteiger partial charge in [-0.2, -0.15) is 0 Å². The maximum atomic E-state index is 12.3. The number of allylic oxidation sites excluding steroid dienone is 1. The van der Waals surface area contributed by atoms with Gasteiger partial charge in [-0.05, 0) is 30.0 Å². The summed E-state index contributed by atoms with van der Waals surface area (Å²) in [5, 5.41) is 0. The third kappa shape index (κ3) is 3.05. The van der Waals surface area contributed by atoms with Crippen LogP contribution in [0.2, 0.25) is 0 Å². The largest absolute Gasteiger partial charge is 0.454 e. The molecule has 2 aromatic rings. The predicted octanol–water partition coefficient (Wildman–Crippen LogP) is 4.02. The summed E-state index contributed by atoms with van der Waals surface area (Å²) in [6.07, 6.45) is 3.23. The molecule has 0 saturated heterocycles. The number of fused-ring (bicyclic) bond motifs is 1. The van der Waals surface area contributed by atoms with Gasteiger partial charge in [-0.1, -0.05) is 60.7 Å². The monoisotopic (exact) mass is 278 g/mol. The van der Waals surface area contributed by atoms with Gasteiger partial charge in [0, 0.05) is 12.0 Å². The molecule has 2 heteroatoms. The van der Waals surface area contributed by atoms with Crippen LogP contribution in [-0.4, -0.2) is 5.97 Å². The van der Waals surface area contributed by atoms with Gasteiger partial charge in [0.1, 0.15) is 6.10 Å². The van der Waals surface area contributed by atoms with E-state index in [0.29, 0.717) is 6.42 Å². The highest BCUT2D eigenvalue weighted by Crippen LogP contribution is 2.24. The molecule has 0 aliphatic heterocycles. The van der Waals surface area contributed by atoms with Gasteiger partial charge in [0.25, 0.3) is 0 Å². The Morgan fingerprint density at radius 2 is 1.67 bits per heavy atom. The minimum Gasteiger partial charge on any atom is -0.454 e. The Bertz CT molecular complexity index is 671. The molecule has 2 nitrogen and oxygen atoms in total. The van der Waals surface area contributed by atoms with Crippen molar-refractivity contribution in [1.82, 2.24) is 0 Å². The van der Waals surface area contributed by atoms with E-state index in [2.05, 4.69) is 12.1 Å². The molecule has 2 aromatic carbocycles. The molecule has 0 saturated carbocycles. The van der Waals surface area contributed by atoms with Crippen LogP contribution in [0, 0.1) is 0 Å². The molecule has 1 aliphatic rings. The van der Waals surface area contributed by atoms with Crippen LogP contribution in [0.4, 0.5) is 0 Å². The molecule has 0 heterocycles. The summed E-state index contributed by atoms with van der Waals surface area (Å²) in [7, 11) is 0. The van der Waals surface area contributed by atoms with Crippen LogP contribution in [0.5, 0.6) is 0 Å². The maximum Gasteiger partial charge on any atom is 0.334 e. The normalized spacial score (nSPS) is 14.8. The number of rotatable bonds is 3. The molecule has 0 radical (unpaired) electrons. The van der Waals surface area contributed by atoms with E-state index in [1.807, 2.05) is 55.5 Å². The van der Waals surface area contributed by atoms with Gasteiger partial charge in [-0.25, -0.2) is 4.79 Å². The lowest BCUT2D eigenvalue weighted by Gasteiger charge is -2.19. The summed E-state index contributed by atoms with van der Waals surface area (Å²) in [6.45, 7) is 1.91. The molecule has 3 rings (SSSR count). The van der Waals surface area contributed by atoms with E-state index in [-0.39, 0.29) is 12.1 Å². The summed E-state index contributed by atoms with van der Waals surface area (Å²) in [6, 6.07) is 18.1. The molecule has 0 N–H and O–H groups in total. The van der Waals surface area contributed by atoms with Crippen LogP contribution < -0.4 is 0 Å². The maximum absolute atomic E-state index is 12.3. The van der Waals surface area contributed by atoms with Gasteiger partial charge in [-0.3, -0.25) is 0 Å². The predicted molar refractivity (Wildman–Crippen MR) is 82.9 cm³/mol. The third-order valence-corrected chi connectivity index (χ3v) is 3.88. The van der Waals surface area contributed by atoms with Crippen molar-refractivity contribution in [3.8, 4) is 0 Å². The second-order valence-electron chi connectivity index (χ2n) is 5.34. The molecule has 0 spiro atoms. The van der Waals surface area contributed by atoms with E-state index in [1.165, 1.54) is 11.1 Å². The highest BCUT2D eigenvalue weighted by molar-refractivity contribution is 5.89. The van der Waals surface area contributed by atoms with Crippen LogP contribution in [0.15, 0.2) is 66.2 Å². The molecular weight excluding hydrogens is 260 g/mol. The summed E-state index contributed by atoms with van der Waals surface area (Å²) < 4.78 is 5.58. The second-order valence-corrected chi connectivity index (χ2v) is 5.34. The molecule has 1 atom stereocenters. The van der Waals surface area contributed by atoms with Crippen LogP contribution in [0.1, 0.15) is 29.7 Å². The Labute approximate surface area is 125 Å². The SMILES string of the molecule is C[C@@H](OC(=O)C1=CCc2ccccc2C1)c1ccccc1. The Balaban J connectivity index is 1.68. The van der Waals surface area contributed by atoms with Crippen molar-refractivity contribution in [1.29, 1.82) is 0 Å². The Morgan fingerprint density at radius 3 is 2.43 bits per heavy atom. The Hall–Kier alpha value is -2.35. The number of benzene rings is 2. The average molecular weight is 278 g/mol. The van der Waals surface area contributed by atoms with Crippen molar-refractivity contribution in [2.24, 2.45) is 0 Å². The molecule has 21 heavy (non-hydrogen) atoms. The smallest absolute Gasteiger partial charge is 0.334 e. The van der Waals surface area contributed by atoms with Crippen LogP contribution in [0.3, 0.4) is 0 Å². The standard InChI is InChI=1S/C19H18O2/c1-14(15-7-3-2-4-8-15)21-19(20)18-12-11-16-9-5-6-10-17(16)13-18/h2-10,12,14H,11,13H2,1H3/t14-/m1/s1. The molecule has 0 unspecified atom stereocenters. The highest BCUT2D eigenvalue weighted by atomic mass is 16.5. The van der Waals surface area contributed by atoms with E-state index in [9.17, 15) is 4.79 Å². The Morgan fingerprint density at radius 1 is 1.00 bits per heavy atom. The van der Waals surface area contributed by atoms with Gasteiger partial charge in [0.2, 0.25) is 0 Å². The molecular formula is C19H18O2. The molecule has 0 aromatic heterocycles. The molecule has 106 valence electrons. The minimum absolute atomic E-state index is 0.208. The number of hydrogen-bond acceptors (Lipinski definition) is 2. The summed E-state index contributed by atoms with van der Waals surface area (Å²) in [5.74, 6) is -0.208. The molecule has 0 amide bonds. The fourth-order valence-electron chi connectivity index (χ4n) is 2.62. The van der Waals surface area contributed by atoms with E-state index in [0.717, 1.165) is 17.6 Å². The highest BCUT2D eigenvalue weighted by Gasteiger charge is 2.19. The van der Waals surface area contributed by atoms with Crippen LogP contribution >= 0.6 is 0 Å². The topological polar surface area (TPSA) is 26.3 Å². The van der Waals surface area contributed by atoms with Crippen molar-refractivity contribution in [2.45, 2.75) is 25.9 Å². The fraction of sp³-hybridized carbons (Fsp3) is 0.211. The van der Waals surface area contributed by atoms with E-state index in [1.54, 1.807) is 0 Å². The molecule has 1 aliphatic carbocycles. The van der Waals surface area contributed by atoms with Crippen molar-refractivity contribution in [2.75, 3.05) is 0 Å². The first-order chi connectivity index (χ1) is 10.2. The zero-order valence-corrected chi connectivity index (χ0v) is 12.1. The third-order valence-electron chi connectivity index (χ3n) is 3.88. The lowest BCUT2D eigenvalue weighted by atomic mass is 9.92. The number of carbonyl (C=O) groups is 1. The lowest BCUT2D eigenvalue weighted by molar-refractivity contribution is -0.144. The van der Waals surface area contributed by atoms with Gasteiger partial charge in [-0.15, -0.1) is 0 Å². The van der Waals surface area contributed by atoms with Crippen molar-refractivity contribution in [3.63, 3.8) is 0 Å². The summed E-state index contributed by atoms with van der Waals surface area (Å²) in [4.78, 5) is 12.3.